The van der Waals surface area contributed by atoms with Gasteiger partial charge in [0.25, 0.3) is 0 Å². The van der Waals surface area contributed by atoms with Crippen LogP contribution in [0, 0.1) is 11.3 Å². The van der Waals surface area contributed by atoms with Gasteiger partial charge in [0.05, 0.1) is 17.0 Å². The second-order valence-electron chi connectivity index (χ2n) is 7.86. The highest BCUT2D eigenvalue weighted by Gasteiger charge is 2.51. The van der Waals surface area contributed by atoms with Crippen molar-refractivity contribution in [3.63, 3.8) is 0 Å². The minimum Gasteiger partial charge on any atom is -0.423 e. The normalized spacial score (nSPS) is 14.2. The maximum Gasteiger partial charge on any atom is 0.489 e. The SMILES string of the molecule is N#Cc1ccc2c(c1)C1(c3ccccc3Sc3ccccc31)c1cccc(B(O)O)c1-2. The highest BCUT2D eigenvalue weighted by molar-refractivity contribution is 7.99. The zero-order valence-electron chi connectivity index (χ0n) is 16.4. The van der Waals surface area contributed by atoms with E-state index in [1.165, 1.54) is 0 Å². The van der Waals surface area contributed by atoms with Gasteiger partial charge in [0.15, 0.2) is 0 Å². The van der Waals surface area contributed by atoms with E-state index in [2.05, 4.69) is 36.4 Å². The number of hydrogen-bond acceptors (Lipinski definition) is 4. The zero-order chi connectivity index (χ0) is 21.2. The van der Waals surface area contributed by atoms with Crippen LogP contribution < -0.4 is 5.46 Å². The Bertz CT molecular complexity index is 1380. The van der Waals surface area contributed by atoms with E-state index in [0.717, 1.165) is 43.2 Å². The molecule has 0 unspecified atom stereocenters. The zero-order valence-corrected chi connectivity index (χ0v) is 17.2. The van der Waals surface area contributed by atoms with E-state index < -0.39 is 12.5 Å². The molecule has 0 amide bonds. The lowest BCUT2D eigenvalue weighted by molar-refractivity contribution is 0.426. The van der Waals surface area contributed by atoms with Gasteiger partial charge in [-0.2, -0.15) is 5.26 Å². The maximum absolute atomic E-state index is 10.2. The molecular weight excluding hydrogens is 401 g/mol. The number of rotatable bonds is 1. The number of nitriles is 1. The third kappa shape index (κ3) is 2.33. The largest absolute Gasteiger partial charge is 0.489 e. The minimum absolute atomic E-state index is 0.480. The summed E-state index contributed by atoms with van der Waals surface area (Å²) in [6.07, 6.45) is 0. The van der Waals surface area contributed by atoms with E-state index in [-0.39, 0.29) is 0 Å². The molecule has 1 aliphatic carbocycles. The lowest BCUT2D eigenvalue weighted by Crippen LogP contribution is -2.35. The van der Waals surface area contributed by atoms with E-state index in [4.69, 9.17) is 0 Å². The van der Waals surface area contributed by atoms with E-state index in [9.17, 15) is 15.3 Å². The summed E-state index contributed by atoms with van der Waals surface area (Å²) in [6.45, 7) is 0. The minimum atomic E-state index is -1.59. The first-order valence-electron chi connectivity index (χ1n) is 10.1. The van der Waals surface area contributed by atoms with Crippen molar-refractivity contribution in [1.29, 1.82) is 5.26 Å². The number of nitrogens with zero attached hydrogens (tertiary/aromatic N) is 1. The molecule has 1 heterocycles. The third-order valence-electron chi connectivity index (χ3n) is 6.40. The summed E-state index contributed by atoms with van der Waals surface area (Å²) < 4.78 is 0. The predicted molar refractivity (Wildman–Crippen MR) is 122 cm³/mol. The van der Waals surface area contributed by atoms with Crippen molar-refractivity contribution in [2.24, 2.45) is 0 Å². The van der Waals surface area contributed by atoms with E-state index in [0.29, 0.717) is 11.0 Å². The van der Waals surface area contributed by atoms with Gasteiger partial charge in [-0.15, -0.1) is 0 Å². The second-order valence-corrected chi connectivity index (χ2v) is 8.94. The fourth-order valence-corrected chi connectivity index (χ4v) is 6.45. The maximum atomic E-state index is 10.2. The van der Waals surface area contributed by atoms with Gasteiger partial charge in [0.2, 0.25) is 0 Å². The summed E-state index contributed by atoms with van der Waals surface area (Å²) in [6, 6.07) is 30.5. The first-order chi connectivity index (χ1) is 15.2. The lowest BCUT2D eigenvalue weighted by atomic mass is 9.66. The van der Waals surface area contributed by atoms with Gasteiger partial charge in [0, 0.05) is 9.79 Å². The molecule has 1 spiro atoms. The molecule has 1 aliphatic heterocycles. The van der Waals surface area contributed by atoms with E-state index in [1.54, 1.807) is 23.9 Å². The smallest absolute Gasteiger partial charge is 0.423 e. The Labute approximate surface area is 184 Å². The van der Waals surface area contributed by atoms with Crippen molar-refractivity contribution >= 4 is 24.3 Å². The number of hydrogen-bond donors (Lipinski definition) is 2. The fourth-order valence-electron chi connectivity index (χ4n) is 5.26. The lowest BCUT2D eigenvalue weighted by Gasteiger charge is -2.39. The Morgan fingerprint density at radius 2 is 1.39 bits per heavy atom. The predicted octanol–water partition coefficient (Wildman–Crippen LogP) is 4.07. The monoisotopic (exact) mass is 417 g/mol. The Morgan fingerprint density at radius 3 is 2.03 bits per heavy atom. The van der Waals surface area contributed by atoms with Crippen LogP contribution in [0.5, 0.6) is 0 Å². The molecule has 0 aromatic heterocycles. The average molecular weight is 417 g/mol. The molecule has 6 rings (SSSR count). The molecule has 0 radical (unpaired) electrons. The van der Waals surface area contributed by atoms with Crippen molar-refractivity contribution in [3.05, 3.63) is 113 Å². The molecule has 3 nitrogen and oxygen atoms in total. The molecule has 0 atom stereocenters. The first kappa shape index (κ1) is 18.5. The molecule has 4 aromatic rings. The van der Waals surface area contributed by atoms with Gasteiger partial charge in [0.1, 0.15) is 0 Å². The molecule has 2 aliphatic rings. The van der Waals surface area contributed by atoms with Crippen molar-refractivity contribution in [1.82, 2.24) is 0 Å². The van der Waals surface area contributed by atoms with Crippen molar-refractivity contribution < 1.29 is 10.0 Å². The topological polar surface area (TPSA) is 64.2 Å². The summed E-state index contributed by atoms with van der Waals surface area (Å²) in [7, 11) is -1.59. The van der Waals surface area contributed by atoms with Crippen LogP contribution in [0.4, 0.5) is 0 Å². The van der Waals surface area contributed by atoms with Gasteiger partial charge in [-0.1, -0.05) is 72.4 Å². The Morgan fingerprint density at radius 1 is 0.742 bits per heavy atom. The molecule has 31 heavy (non-hydrogen) atoms. The summed E-state index contributed by atoms with van der Waals surface area (Å²) in [5.41, 5.74) is 6.55. The molecule has 0 fully saturated rings. The quantitative estimate of drug-likeness (QED) is 0.396. The average Bonchev–Trinajstić information content (AvgIpc) is 3.09. The van der Waals surface area contributed by atoms with Crippen LogP contribution in [0.3, 0.4) is 0 Å². The molecule has 0 bridgehead atoms. The molecule has 5 heteroatoms. The molecular formula is C26H16BNO2S. The van der Waals surface area contributed by atoms with Crippen LogP contribution in [0.25, 0.3) is 11.1 Å². The first-order valence-corrected chi connectivity index (χ1v) is 10.9. The van der Waals surface area contributed by atoms with Gasteiger partial charge < -0.3 is 10.0 Å². The number of benzene rings is 4. The highest BCUT2D eigenvalue weighted by atomic mass is 32.2. The Hall–Kier alpha value is -3.30. The van der Waals surface area contributed by atoms with Gasteiger partial charge in [-0.25, -0.2) is 0 Å². The molecule has 4 aromatic carbocycles. The Balaban J connectivity index is 1.86. The van der Waals surface area contributed by atoms with Crippen LogP contribution in [0.1, 0.15) is 27.8 Å². The standard InChI is InChI=1S/C26H16BNO2S/c28-15-16-12-13-17-21(14-16)26(20-8-5-9-22(25(17)20)27(29)30)18-6-1-3-10-23(18)31-24-11-4-2-7-19(24)26/h1-14,29-30H. The van der Waals surface area contributed by atoms with Crippen molar-refractivity contribution in [2.45, 2.75) is 15.2 Å². The van der Waals surface area contributed by atoms with Crippen LogP contribution in [-0.2, 0) is 5.41 Å². The second kappa shape index (κ2) is 6.60. The van der Waals surface area contributed by atoms with E-state index >= 15 is 0 Å². The van der Waals surface area contributed by atoms with Crippen molar-refractivity contribution in [3.8, 4) is 17.2 Å². The van der Waals surface area contributed by atoms with Crippen LogP contribution >= 0.6 is 11.8 Å². The third-order valence-corrected chi connectivity index (χ3v) is 7.55. The van der Waals surface area contributed by atoms with Gasteiger partial charge >= 0.3 is 7.12 Å². The van der Waals surface area contributed by atoms with Crippen LogP contribution in [-0.4, -0.2) is 17.2 Å². The van der Waals surface area contributed by atoms with Crippen LogP contribution in [0.15, 0.2) is 94.7 Å². The van der Waals surface area contributed by atoms with Crippen molar-refractivity contribution in [2.75, 3.05) is 0 Å². The number of fused-ring (bicyclic) bond motifs is 9. The summed E-state index contributed by atoms with van der Waals surface area (Å²) in [4.78, 5) is 2.33. The molecule has 0 saturated heterocycles. The fraction of sp³-hybridized carbons (Fsp3) is 0.0385. The Kier molecular flexibility index (Phi) is 3.93. The highest BCUT2D eigenvalue weighted by Crippen LogP contribution is 2.61. The molecule has 2 N–H and O–H groups in total. The van der Waals surface area contributed by atoms with E-state index in [1.807, 2.05) is 42.5 Å². The summed E-state index contributed by atoms with van der Waals surface area (Å²) in [5.74, 6) is 0. The summed E-state index contributed by atoms with van der Waals surface area (Å²) >= 11 is 1.75. The molecule has 0 saturated carbocycles. The van der Waals surface area contributed by atoms with Gasteiger partial charge in [-0.05, 0) is 63.1 Å². The summed E-state index contributed by atoms with van der Waals surface area (Å²) in [5, 5.41) is 30.1. The van der Waals surface area contributed by atoms with Crippen LogP contribution in [0.2, 0.25) is 0 Å². The van der Waals surface area contributed by atoms with Gasteiger partial charge in [-0.3, -0.25) is 0 Å². The molecule has 146 valence electrons.